The van der Waals surface area contributed by atoms with Crippen LogP contribution in [0, 0.1) is 13.8 Å². The molecule has 0 bridgehead atoms. The van der Waals surface area contributed by atoms with Gasteiger partial charge in [-0.1, -0.05) is 37.1 Å². The lowest BCUT2D eigenvalue weighted by molar-refractivity contribution is 0.0977. The van der Waals surface area contributed by atoms with Crippen molar-refractivity contribution in [2.75, 3.05) is 11.9 Å². The summed E-state index contributed by atoms with van der Waals surface area (Å²) in [6.45, 7) is 6.82. The molecule has 3 aromatic carbocycles. The Morgan fingerprint density at radius 3 is 2.74 bits per heavy atom. The van der Waals surface area contributed by atoms with Crippen LogP contribution in [0.3, 0.4) is 0 Å². The van der Waals surface area contributed by atoms with E-state index in [0.29, 0.717) is 40.6 Å². The Bertz CT molecular complexity index is 1350. The van der Waals surface area contributed by atoms with Crippen molar-refractivity contribution >= 4 is 40.0 Å². The van der Waals surface area contributed by atoms with Gasteiger partial charge in [0.2, 0.25) is 5.89 Å². The number of amides is 1. The second kappa shape index (κ2) is 10.5. The number of benzene rings is 3. The second-order valence-electron chi connectivity index (χ2n) is 8.16. The number of ether oxygens (including phenoxy) is 1. The molecular formula is C27H27N3O3S. The Hall–Kier alpha value is -3.71. The number of hydrogen-bond acceptors (Lipinski definition) is 5. The van der Waals surface area contributed by atoms with Gasteiger partial charge in [0, 0.05) is 16.8 Å². The summed E-state index contributed by atoms with van der Waals surface area (Å²) in [6.07, 6.45) is 2.01. The van der Waals surface area contributed by atoms with Crippen molar-refractivity contribution in [3.8, 4) is 17.2 Å². The lowest BCUT2D eigenvalue weighted by Crippen LogP contribution is -2.34. The normalized spacial score (nSPS) is 10.8. The largest absolute Gasteiger partial charge is 0.494 e. The number of aryl methyl sites for hydroxylation is 2. The minimum absolute atomic E-state index is 0.194. The van der Waals surface area contributed by atoms with Crippen LogP contribution in [-0.2, 0) is 0 Å². The number of nitrogens with one attached hydrogen (secondary N) is 2. The fraction of sp³-hybridized carbons (Fsp3) is 0.222. The molecular weight excluding hydrogens is 446 g/mol. The summed E-state index contributed by atoms with van der Waals surface area (Å²) in [5.41, 5.74) is 5.81. The molecule has 1 heterocycles. The maximum Gasteiger partial charge on any atom is 0.257 e. The van der Waals surface area contributed by atoms with Crippen molar-refractivity contribution in [1.29, 1.82) is 0 Å². The number of carbonyl (C=O) groups excluding carboxylic acids is 1. The summed E-state index contributed by atoms with van der Waals surface area (Å²) in [5.74, 6) is 0.927. The Morgan fingerprint density at radius 2 is 1.94 bits per heavy atom. The van der Waals surface area contributed by atoms with Crippen molar-refractivity contribution in [3.63, 3.8) is 0 Å². The summed E-state index contributed by atoms with van der Waals surface area (Å²) in [7, 11) is 0. The van der Waals surface area contributed by atoms with Crippen molar-refractivity contribution in [2.45, 2.75) is 33.6 Å². The van der Waals surface area contributed by atoms with Gasteiger partial charge in [-0.25, -0.2) is 4.98 Å². The molecule has 1 aromatic heterocycles. The van der Waals surface area contributed by atoms with E-state index in [0.717, 1.165) is 24.0 Å². The molecule has 0 aliphatic heterocycles. The third-order valence-corrected chi connectivity index (χ3v) is 5.55. The van der Waals surface area contributed by atoms with Crippen LogP contribution in [0.1, 0.15) is 41.3 Å². The third-order valence-electron chi connectivity index (χ3n) is 5.35. The molecule has 174 valence electrons. The number of nitrogens with zero attached hydrogens (tertiary/aromatic N) is 1. The zero-order valence-corrected chi connectivity index (χ0v) is 20.3. The number of carbonyl (C=O) groups is 1. The van der Waals surface area contributed by atoms with E-state index in [9.17, 15) is 4.79 Å². The van der Waals surface area contributed by atoms with Crippen molar-refractivity contribution < 1.29 is 13.9 Å². The summed E-state index contributed by atoms with van der Waals surface area (Å²) < 4.78 is 11.6. The van der Waals surface area contributed by atoms with Gasteiger partial charge in [-0.2, -0.15) is 0 Å². The van der Waals surface area contributed by atoms with Gasteiger partial charge in [-0.15, -0.1) is 0 Å². The van der Waals surface area contributed by atoms with E-state index in [-0.39, 0.29) is 11.0 Å². The molecule has 4 rings (SSSR count). The lowest BCUT2D eigenvalue weighted by atomic mass is 10.1. The van der Waals surface area contributed by atoms with E-state index in [1.807, 2.05) is 43.3 Å². The van der Waals surface area contributed by atoms with Crippen LogP contribution in [0.2, 0.25) is 0 Å². The molecule has 6 nitrogen and oxygen atoms in total. The van der Waals surface area contributed by atoms with Crippen molar-refractivity contribution in [2.24, 2.45) is 0 Å². The second-order valence-corrected chi connectivity index (χ2v) is 8.57. The third kappa shape index (κ3) is 5.61. The number of unbranched alkanes of at least 4 members (excludes halogenated alkanes) is 1. The molecule has 7 heteroatoms. The maximum atomic E-state index is 12.6. The summed E-state index contributed by atoms with van der Waals surface area (Å²) >= 11 is 5.35. The van der Waals surface area contributed by atoms with E-state index in [1.165, 1.54) is 5.56 Å². The van der Waals surface area contributed by atoms with Crippen molar-refractivity contribution in [1.82, 2.24) is 10.3 Å². The summed E-state index contributed by atoms with van der Waals surface area (Å²) in [6, 6.07) is 18.7. The van der Waals surface area contributed by atoms with Gasteiger partial charge in [0.15, 0.2) is 10.7 Å². The molecule has 0 saturated carbocycles. The smallest absolute Gasteiger partial charge is 0.257 e. The fourth-order valence-corrected chi connectivity index (χ4v) is 3.78. The summed E-state index contributed by atoms with van der Waals surface area (Å²) in [4.78, 5) is 17.3. The Labute approximate surface area is 204 Å². The average Bonchev–Trinajstić information content (AvgIpc) is 3.22. The number of hydrogen-bond donors (Lipinski definition) is 2. The van der Waals surface area contributed by atoms with Crippen LogP contribution in [-0.4, -0.2) is 22.6 Å². The highest BCUT2D eigenvalue weighted by molar-refractivity contribution is 7.80. The number of thiocarbonyl (C=S) groups is 1. The SMILES string of the molecule is CCCCOc1cccc(C(=O)NC(=S)Nc2ccc3oc(-c4ccc(C)cc4C)nc3c2)c1. The predicted octanol–water partition coefficient (Wildman–Crippen LogP) is 6.42. The number of oxazole rings is 1. The number of fused-ring (bicyclic) bond motifs is 1. The quantitative estimate of drug-likeness (QED) is 0.238. The van der Waals surface area contributed by atoms with E-state index >= 15 is 0 Å². The molecule has 4 aromatic rings. The first-order valence-corrected chi connectivity index (χ1v) is 11.7. The number of aromatic nitrogens is 1. The zero-order valence-electron chi connectivity index (χ0n) is 19.5. The van der Waals surface area contributed by atoms with Crippen LogP contribution in [0.5, 0.6) is 5.75 Å². The molecule has 0 saturated heterocycles. The molecule has 0 aliphatic rings. The van der Waals surface area contributed by atoms with Crippen molar-refractivity contribution in [3.05, 3.63) is 77.4 Å². The zero-order chi connectivity index (χ0) is 24.1. The molecule has 0 unspecified atom stereocenters. The molecule has 0 aliphatic carbocycles. The van der Waals surface area contributed by atoms with Gasteiger partial charge in [-0.3, -0.25) is 10.1 Å². The van der Waals surface area contributed by atoms with Gasteiger partial charge >= 0.3 is 0 Å². The van der Waals surface area contributed by atoms with Crippen LogP contribution in [0.25, 0.3) is 22.6 Å². The topological polar surface area (TPSA) is 76.4 Å². The first-order chi connectivity index (χ1) is 16.4. The number of anilines is 1. The van der Waals surface area contributed by atoms with Crippen LogP contribution in [0.4, 0.5) is 5.69 Å². The highest BCUT2D eigenvalue weighted by Crippen LogP contribution is 2.28. The minimum Gasteiger partial charge on any atom is -0.494 e. The molecule has 0 radical (unpaired) electrons. The first-order valence-electron chi connectivity index (χ1n) is 11.3. The lowest BCUT2D eigenvalue weighted by Gasteiger charge is -2.10. The molecule has 1 amide bonds. The molecule has 0 spiro atoms. The fourth-order valence-electron chi connectivity index (χ4n) is 3.57. The van der Waals surface area contributed by atoms with Crippen LogP contribution < -0.4 is 15.4 Å². The summed E-state index contributed by atoms with van der Waals surface area (Å²) in [5, 5.41) is 5.95. The van der Waals surface area contributed by atoms with Crippen LogP contribution >= 0.6 is 12.2 Å². The Balaban J connectivity index is 1.43. The van der Waals surface area contributed by atoms with Gasteiger partial charge in [0.25, 0.3) is 5.91 Å². The maximum absolute atomic E-state index is 12.6. The molecule has 34 heavy (non-hydrogen) atoms. The predicted molar refractivity (Wildman–Crippen MR) is 139 cm³/mol. The van der Waals surface area contributed by atoms with Gasteiger partial charge in [-0.05, 0) is 80.5 Å². The minimum atomic E-state index is -0.307. The molecule has 0 fully saturated rings. The van der Waals surface area contributed by atoms with E-state index in [1.54, 1.807) is 18.2 Å². The standard InChI is InChI=1S/C27H27N3O3S/c1-4-5-13-32-21-8-6-7-19(15-21)25(31)30-27(34)28-20-10-12-24-23(16-20)29-26(33-24)22-11-9-17(2)14-18(22)3/h6-12,14-16H,4-5,13H2,1-3H3,(H2,28,30,31,34). The van der Waals surface area contributed by atoms with Gasteiger partial charge in [0.1, 0.15) is 11.3 Å². The van der Waals surface area contributed by atoms with Gasteiger partial charge in [0.05, 0.1) is 6.61 Å². The Kier molecular flexibility index (Phi) is 7.23. The molecule has 2 N–H and O–H groups in total. The van der Waals surface area contributed by atoms with Crippen LogP contribution in [0.15, 0.2) is 65.1 Å². The molecule has 0 atom stereocenters. The monoisotopic (exact) mass is 473 g/mol. The highest BCUT2D eigenvalue weighted by atomic mass is 32.1. The first kappa shape index (κ1) is 23.4. The average molecular weight is 474 g/mol. The highest BCUT2D eigenvalue weighted by Gasteiger charge is 2.13. The van der Waals surface area contributed by atoms with Gasteiger partial charge < -0.3 is 14.5 Å². The van der Waals surface area contributed by atoms with E-state index in [2.05, 4.69) is 35.5 Å². The van der Waals surface area contributed by atoms with E-state index < -0.39 is 0 Å². The van der Waals surface area contributed by atoms with E-state index in [4.69, 9.17) is 21.4 Å². The number of rotatable bonds is 7. The Morgan fingerprint density at radius 1 is 1.09 bits per heavy atom.